The van der Waals surface area contributed by atoms with Gasteiger partial charge in [0.1, 0.15) is 0 Å². The second kappa shape index (κ2) is 8.99. The molecule has 1 aliphatic carbocycles. The summed E-state index contributed by atoms with van der Waals surface area (Å²) >= 11 is 1.59. The minimum absolute atomic E-state index is 0.149. The Morgan fingerprint density at radius 2 is 2.00 bits per heavy atom. The highest BCUT2D eigenvalue weighted by molar-refractivity contribution is 7.99. The molecule has 25 heavy (non-hydrogen) atoms. The van der Waals surface area contributed by atoms with Gasteiger partial charge in [-0.25, -0.2) is 0 Å². The first kappa shape index (κ1) is 17.9. The zero-order valence-electron chi connectivity index (χ0n) is 14.6. The van der Waals surface area contributed by atoms with Crippen LogP contribution in [0.5, 0.6) is 0 Å². The molecule has 2 aromatic rings. The number of amides is 1. The van der Waals surface area contributed by atoms with Crippen molar-refractivity contribution in [2.45, 2.75) is 63.2 Å². The Balaban J connectivity index is 1.53. The average Bonchev–Trinajstić information content (AvgIpc) is 3.06. The molecule has 2 heterocycles. The molecule has 0 saturated heterocycles. The molecule has 0 aliphatic heterocycles. The molecule has 0 unspecified atom stereocenters. The smallest absolute Gasteiger partial charge is 0.221 e. The van der Waals surface area contributed by atoms with Gasteiger partial charge in [-0.1, -0.05) is 31.0 Å². The third-order valence-electron chi connectivity index (χ3n) is 4.50. The van der Waals surface area contributed by atoms with Crippen molar-refractivity contribution in [2.75, 3.05) is 5.75 Å². The highest BCUT2D eigenvalue weighted by Crippen LogP contribution is 2.24. The lowest BCUT2D eigenvalue weighted by atomic mass is 9.95. The maximum absolute atomic E-state index is 12.1. The molecule has 0 aromatic carbocycles. The summed E-state index contributed by atoms with van der Waals surface area (Å²) in [5.74, 6) is 1.71. The average molecular weight is 359 g/mol. The molecule has 1 amide bonds. The first-order chi connectivity index (χ1) is 12.3. The van der Waals surface area contributed by atoms with Gasteiger partial charge in [-0.15, -0.1) is 10.2 Å². The van der Waals surface area contributed by atoms with Gasteiger partial charge in [-0.05, 0) is 31.9 Å². The fraction of sp³-hybridized carbons (Fsp3) is 0.556. The number of hydrogen-bond acceptors (Lipinski definition) is 5. The number of rotatable bonds is 7. The van der Waals surface area contributed by atoms with Crippen LogP contribution in [0.3, 0.4) is 0 Å². The Morgan fingerprint density at radius 1 is 1.24 bits per heavy atom. The largest absolute Gasteiger partial charge is 0.353 e. The number of carbonyl (C=O) groups excluding carboxylic acids is 1. The van der Waals surface area contributed by atoms with Gasteiger partial charge in [0.2, 0.25) is 5.91 Å². The maximum Gasteiger partial charge on any atom is 0.221 e. The van der Waals surface area contributed by atoms with E-state index in [0.717, 1.165) is 35.9 Å². The topological polar surface area (TPSA) is 72.7 Å². The number of aromatic nitrogens is 4. The lowest BCUT2D eigenvalue weighted by molar-refractivity contribution is -0.121. The van der Waals surface area contributed by atoms with Gasteiger partial charge in [-0.3, -0.25) is 9.78 Å². The summed E-state index contributed by atoms with van der Waals surface area (Å²) in [6.07, 6.45) is 10.0. The zero-order valence-corrected chi connectivity index (χ0v) is 15.5. The van der Waals surface area contributed by atoms with Gasteiger partial charge in [0, 0.05) is 42.7 Å². The van der Waals surface area contributed by atoms with Crippen LogP contribution in [0, 0.1) is 0 Å². The standard InChI is InChI=1S/C18H25N5OS/c1-2-23-17(14-8-11-19-12-9-14)21-22-18(23)25-13-10-16(24)20-15-6-4-3-5-7-15/h8-9,11-12,15H,2-7,10,13H2,1H3,(H,20,24). The van der Waals surface area contributed by atoms with E-state index in [1.165, 1.54) is 19.3 Å². The molecule has 7 heteroatoms. The first-order valence-corrected chi connectivity index (χ1v) is 10.0. The molecule has 2 aromatic heterocycles. The van der Waals surface area contributed by atoms with E-state index in [2.05, 4.69) is 32.0 Å². The van der Waals surface area contributed by atoms with E-state index in [1.54, 1.807) is 24.2 Å². The third-order valence-corrected chi connectivity index (χ3v) is 5.47. The Morgan fingerprint density at radius 3 is 2.72 bits per heavy atom. The monoisotopic (exact) mass is 359 g/mol. The highest BCUT2D eigenvalue weighted by atomic mass is 32.2. The molecular formula is C18H25N5OS. The van der Waals surface area contributed by atoms with Crippen LogP contribution in [0.4, 0.5) is 0 Å². The predicted molar refractivity (Wildman–Crippen MR) is 99.3 cm³/mol. The molecule has 1 saturated carbocycles. The van der Waals surface area contributed by atoms with Gasteiger partial charge < -0.3 is 9.88 Å². The lowest BCUT2D eigenvalue weighted by Crippen LogP contribution is -2.36. The number of nitrogens with one attached hydrogen (secondary N) is 1. The van der Waals surface area contributed by atoms with Crippen LogP contribution < -0.4 is 5.32 Å². The Hall–Kier alpha value is -1.89. The molecule has 1 aliphatic rings. The van der Waals surface area contributed by atoms with Crippen LogP contribution >= 0.6 is 11.8 Å². The van der Waals surface area contributed by atoms with Crippen molar-refractivity contribution in [2.24, 2.45) is 0 Å². The molecule has 0 radical (unpaired) electrons. The van der Waals surface area contributed by atoms with Crippen molar-refractivity contribution in [3.05, 3.63) is 24.5 Å². The van der Waals surface area contributed by atoms with Crippen LogP contribution in [0.25, 0.3) is 11.4 Å². The summed E-state index contributed by atoms with van der Waals surface area (Å²) in [5.41, 5.74) is 1.01. The Bertz CT molecular complexity index is 682. The third kappa shape index (κ3) is 4.81. The number of nitrogens with zero attached hydrogens (tertiary/aromatic N) is 4. The fourth-order valence-corrected chi connectivity index (χ4v) is 4.12. The summed E-state index contributed by atoms with van der Waals surface area (Å²) in [4.78, 5) is 16.2. The van der Waals surface area contributed by atoms with Gasteiger partial charge in [0.05, 0.1) is 0 Å². The van der Waals surface area contributed by atoms with E-state index < -0.39 is 0 Å². The van der Waals surface area contributed by atoms with E-state index >= 15 is 0 Å². The van der Waals surface area contributed by atoms with E-state index in [9.17, 15) is 4.79 Å². The van der Waals surface area contributed by atoms with E-state index in [4.69, 9.17) is 0 Å². The summed E-state index contributed by atoms with van der Waals surface area (Å²) in [6, 6.07) is 4.24. The van der Waals surface area contributed by atoms with Crippen LogP contribution in [0.1, 0.15) is 45.4 Å². The second-order valence-corrected chi connectivity index (χ2v) is 7.35. The normalized spacial score (nSPS) is 15.2. The Labute approximate surface area is 152 Å². The number of carbonyl (C=O) groups is 1. The van der Waals surface area contributed by atoms with Gasteiger partial charge in [0.25, 0.3) is 0 Å². The van der Waals surface area contributed by atoms with Crippen molar-refractivity contribution in [1.29, 1.82) is 0 Å². The quantitative estimate of drug-likeness (QED) is 0.768. The van der Waals surface area contributed by atoms with Crippen LogP contribution in [0.2, 0.25) is 0 Å². The molecule has 134 valence electrons. The summed E-state index contributed by atoms with van der Waals surface area (Å²) in [7, 11) is 0. The van der Waals surface area contributed by atoms with Gasteiger partial charge >= 0.3 is 0 Å². The van der Waals surface area contributed by atoms with Gasteiger partial charge in [0.15, 0.2) is 11.0 Å². The van der Waals surface area contributed by atoms with Crippen LogP contribution in [-0.2, 0) is 11.3 Å². The van der Waals surface area contributed by atoms with Crippen molar-refractivity contribution in [3.8, 4) is 11.4 Å². The van der Waals surface area contributed by atoms with Crippen molar-refractivity contribution in [3.63, 3.8) is 0 Å². The van der Waals surface area contributed by atoms with Crippen LogP contribution in [-0.4, -0.2) is 37.5 Å². The molecule has 3 rings (SSSR count). The molecular weight excluding hydrogens is 334 g/mol. The minimum Gasteiger partial charge on any atom is -0.353 e. The molecule has 0 spiro atoms. The lowest BCUT2D eigenvalue weighted by Gasteiger charge is -2.22. The van der Waals surface area contributed by atoms with Crippen LogP contribution in [0.15, 0.2) is 29.7 Å². The molecule has 0 atom stereocenters. The maximum atomic E-state index is 12.1. The number of hydrogen-bond donors (Lipinski definition) is 1. The van der Waals surface area contributed by atoms with Crippen molar-refractivity contribution in [1.82, 2.24) is 25.1 Å². The van der Waals surface area contributed by atoms with E-state index in [0.29, 0.717) is 18.2 Å². The highest BCUT2D eigenvalue weighted by Gasteiger charge is 2.16. The molecule has 6 nitrogen and oxygen atoms in total. The second-order valence-electron chi connectivity index (χ2n) is 6.29. The number of pyridine rings is 1. The predicted octanol–water partition coefficient (Wildman–Crippen LogP) is 3.29. The van der Waals surface area contributed by atoms with Gasteiger partial charge in [-0.2, -0.15) is 0 Å². The number of thioether (sulfide) groups is 1. The first-order valence-electron chi connectivity index (χ1n) is 9.03. The van der Waals surface area contributed by atoms with Crippen molar-refractivity contribution < 1.29 is 4.79 Å². The van der Waals surface area contributed by atoms with Crippen molar-refractivity contribution >= 4 is 17.7 Å². The Kier molecular flexibility index (Phi) is 6.44. The molecule has 0 bridgehead atoms. The minimum atomic E-state index is 0.149. The summed E-state index contributed by atoms with van der Waals surface area (Å²) < 4.78 is 2.08. The molecule has 1 fully saturated rings. The van der Waals surface area contributed by atoms with E-state index in [-0.39, 0.29) is 5.91 Å². The van der Waals surface area contributed by atoms with E-state index in [1.807, 2.05) is 12.1 Å². The summed E-state index contributed by atoms with van der Waals surface area (Å²) in [6.45, 7) is 2.87. The molecule has 1 N–H and O–H groups in total. The summed E-state index contributed by atoms with van der Waals surface area (Å²) in [5, 5.41) is 12.6. The fourth-order valence-electron chi connectivity index (χ4n) is 3.18. The SMILES string of the molecule is CCn1c(SCCC(=O)NC2CCCCC2)nnc1-c1ccncc1. The zero-order chi connectivity index (χ0) is 17.5.